The molecule has 0 fully saturated rings. The van der Waals surface area contributed by atoms with Crippen LogP contribution in [0, 0.1) is 5.41 Å². The molecule has 0 aliphatic rings. The van der Waals surface area contributed by atoms with Gasteiger partial charge >= 0.3 is 5.97 Å². The van der Waals surface area contributed by atoms with Gasteiger partial charge in [-0.05, 0) is 36.4 Å². The molecule has 2 aromatic rings. The molecule has 6 N–H and O–H groups in total. The molecule has 9 heteroatoms. The standard InChI is InChI=1S/C17H17Cl2N3O4/c18-10-7-12(15(13(19)8-10)26-6-5-23)14(17(24)25)22-11-3-1-9(2-4-11)16(20)21/h1-4,7-8,14,22-23H,5-6H2,(H3,20,21)(H,24,25). The molecule has 0 aliphatic carbocycles. The van der Waals surface area contributed by atoms with Crippen LogP contribution in [0.2, 0.25) is 10.0 Å². The molecule has 0 aliphatic heterocycles. The van der Waals surface area contributed by atoms with Crippen LogP contribution in [0.3, 0.4) is 0 Å². The minimum atomic E-state index is -1.21. The fraction of sp³-hybridized carbons (Fsp3) is 0.176. The van der Waals surface area contributed by atoms with Gasteiger partial charge in [0.05, 0.1) is 11.6 Å². The molecule has 1 atom stereocenters. The van der Waals surface area contributed by atoms with Crippen LogP contribution in [0.1, 0.15) is 17.2 Å². The summed E-state index contributed by atoms with van der Waals surface area (Å²) in [5.41, 5.74) is 6.63. The van der Waals surface area contributed by atoms with Crippen molar-refractivity contribution in [1.82, 2.24) is 0 Å². The second-order valence-corrected chi connectivity index (χ2v) is 6.13. The number of nitrogen functional groups attached to an aromatic ring is 1. The van der Waals surface area contributed by atoms with Crippen molar-refractivity contribution in [3.8, 4) is 5.75 Å². The van der Waals surface area contributed by atoms with Gasteiger partial charge in [-0.25, -0.2) is 4.79 Å². The molecule has 0 heterocycles. The Morgan fingerprint density at radius 3 is 2.46 bits per heavy atom. The third kappa shape index (κ3) is 4.78. The lowest BCUT2D eigenvalue weighted by Gasteiger charge is -2.21. The van der Waals surface area contributed by atoms with E-state index in [1.54, 1.807) is 24.3 Å². The van der Waals surface area contributed by atoms with Crippen LogP contribution in [-0.4, -0.2) is 35.2 Å². The van der Waals surface area contributed by atoms with Crippen molar-refractivity contribution < 1.29 is 19.7 Å². The van der Waals surface area contributed by atoms with Crippen LogP contribution in [0.15, 0.2) is 36.4 Å². The fourth-order valence-electron chi connectivity index (χ4n) is 2.28. The van der Waals surface area contributed by atoms with E-state index in [1.165, 1.54) is 12.1 Å². The molecule has 0 amide bonds. The van der Waals surface area contributed by atoms with Gasteiger partial charge in [0.2, 0.25) is 0 Å². The van der Waals surface area contributed by atoms with Crippen LogP contribution in [0.4, 0.5) is 5.69 Å². The van der Waals surface area contributed by atoms with Crippen molar-refractivity contribution in [2.45, 2.75) is 6.04 Å². The van der Waals surface area contributed by atoms with Crippen LogP contribution < -0.4 is 15.8 Å². The molecule has 0 bridgehead atoms. The third-order valence-corrected chi connectivity index (χ3v) is 3.94. The number of aliphatic hydroxyl groups excluding tert-OH is 1. The highest BCUT2D eigenvalue weighted by Crippen LogP contribution is 2.37. The van der Waals surface area contributed by atoms with Crippen LogP contribution in [0.25, 0.3) is 0 Å². The number of aliphatic carboxylic acids is 1. The second kappa shape index (κ2) is 8.75. The zero-order valence-electron chi connectivity index (χ0n) is 13.5. The molecular formula is C17H17Cl2N3O4. The van der Waals surface area contributed by atoms with Gasteiger partial charge in [-0.1, -0.05) is 23.2 Å². The number of halogens is 2. The minimum Gasteiger partial charge on any atom is -0.489 e. The first-order valence-electron chi connectivity index (χ1n) is 7.50. The molecule has 7 nitrogen and oxygen atoms in total. The first-order valence-corrected chi connectivity index (χ1v) is 8.25. The third-order valence-electron chi connectivity index (χ3n) is 3.44. The Balaban J connectivity index is 2.40. The number of amidine groups is 1. The van der Waals surface area contributed by atoms with Crippen molar-refractivity contribution in [2.24, 2.45) is 5.73 Å². The zero-order chi connectivity index (χ0) is 19.3. The first-order chi connectivity index (χ1) is 12.3. The Labute approximate surface area is 159 Å². The van der Waals surface area contributed by atoms with Gasteiger partial charge in [0, 0.05) is 21.8 Å². The van der Waals surface area contributed by atoms with Gasteiger partial charge in [0.15, 0.2) is 6.04 Å². The smallest absolute Gasteiger partial charge is 0.330 e. The summed E-state index contributed by atoms with van der Waals surface area (Å²) in [6.07, 6.45) is 0. The van der Waals surface area contributed by atoms with Gasteiger partial charge in [0.25, 0.3) is 0 Å². The normalized spacial score (nSPS) is 11.7. The number of nitrogens with one attached hydrogen (secondary N) is 2. The SMILES string of the molecule is N=C(N)c1ccc(NC(C(=O)O)c2cc(Cl)cc(Cl)c2OCCO)cc1. The van der Waals surface area contributed by atoms with Crippen LogP contribution in [0.5, 0.6) is 5.75 Å². The lowest BCUT2D eigenvalue weighted by molar-refractivity contribution is -0.138. The van der Waals surface area contributed by atoms with E-state index in [-0.39, 0.29) is 40.4 Å². The molecular weight excluding hydrogens is 381 g/mol. The highest BCUT2D eigenvalue weighted by atomic mass is 35.5. The molecule has 138 valence electrons. The van der Waals surface area contributed by atoms with Crippen molar-refractivity contribution in [3.63, 3.8) is 0 Å². The van der Waals surface area contributed by atoms with Crippen molar-refractivity contribution in [2.75, 3.05) is 18.5 Å². The quantitative estimate of drug-likeness (QED) is 0.344. The van der Waals surface area contributed by atoms with E-state index in [1.807, 2.05) is 0 Å². The molecule has 2 rings (SSSR count). The van der Waals surface area contributed by atoms with E-state index in [0.29, 0.717) is 11.3 Å². The molecule has 0 spiro atoms. The predicted octanol–water partition coefficient (Wildman–Crippen LogP) is 2.89. The van der Waals surface area contributed by atoms with E-state index in [2.05, 4.69) is 5.32 Å². The van der Waals surface area contributed by atoms with Gasteiger partial charge in [0.1, 0.15) is 18.2 Å². The van der Waals surface area contributed by atoms with E-state index in [4.69, 9.17) is 44.2 Å². The largest absolute Gasteiger partial charge is 0.489 e. The highest BCUT2D eigenvalue weighted by Gasteiger charge is 2.26. The summed E-state index contributed by atoms with van der Waals surface area (Å²) in [6, 6.07) is 8.06. The summed E-state index contributed by atoms with van der Waals surface area (Å²) in [4.78, 5) is 11.8. The average Bonchev–Trinajstić information content (AvgIpc) is 2.58. The maximum absolute atomic E-state index is 11.8. The van der Waals surface area contributed by atoms with Crippen molar-refractivity contribution >= 4 is 40.7 Å². The number of hydrogen-bond donors (Lipinski definition) is 5. The molecule has 0 saturated heterocycles. The van der Waals surface area contributed by atoms with E-state index >= 15 is 0 Å². The minimum absolute atomic E-state index is 0.0476. The Morgan fingerprint density at radius 2 is 1.92 bits per heavy atom. The first kappa shape index (κ1) is 19.8. The van der Waals surface area contributed by atoms with Crippen LogP contribution >= 0.6 is 23.2 Å². The number of hydrogen-bond acceptors (Lipinski definition) is 5. The van der Waals surface area contributed by atoms with E-state index in [0.717, 1.165) is 0 Å². The lowest BCUT2D eigenvalue weighted by Crippen LogP contribution is -2.22. The van der Waals surface area contributed by atoms with Gasteiger partial charge in [-0.2, -0.15) is 0 Å². The number of carboxylic acid groups (broad SMARTS) is 1. The fourth-order valence-corrected chi connectivity index (χ4v) is 2.84. The maximum atomic E-state index is 11.8. The topological polar surface area (TPSA) is 129 Å². The van der Waals surface area contributed by atoms with E-state index in [9.17, 15) is 9.90 Å². The number of carbonyl (C=O) groups is 1. The zero-order valence-corrected chi connectivity index (χ0v) is 15.0. The van der Waals surface area contributed by atoms with Crippen molar-refractivity contribution in [3.05, 3.63) is 57.6 Å². The molecule has 0 aromatic heterocycles. The monoisotopic (exact) mass is 397 g/mol. The van der Waals surface area contributed by atoms with Gasteiger partial charge in [-0.15, -0.1) is 0 Å². The Kier molecular flexibility index (Phi) is 6.68. The van der Waals surface area contributed by atoms with Crippen molar-refractivity contribution in [1.29, 1.82) is 5.41 Å². The number of carboxylic acids is 1. The lowest BCUT2D eigenvalue weighted by atomic mass is 10.0. The highest BCUT2D eigenvalue weighted by molar-refractivity contribution is 6.35. The summed E-state index contributed by atoms with van der Waals surface area (Å²) >= 11 is 12.1. The Hall–Kier alpha value is -2.48. The summed E-state index contributed by atoms with van der Waals surface area (Å²) < 4.78 is 5.40. The number of benzene rings is 2. The number of nitrogens with two attached hydrogens (primary N) is 1. The maximum Gasteiger partial charge on any atom is 0.330 e. The molecule has 26 heavy (non-hydrogen) atoms. The number of ether oxygens (including phenoxy) is 1. The molecule has 0 saturated carbocycles. The molecule has 1 unspecified atom stereocenters. The second-order valence-electron chi connectivity index (χ2n) is 5.28. The predicted molar refractivity (Wildman–Crippen MR) is 101 cm³/mol. The molecule has 0 radical (unpaired) electrons. The molecule has 2 aromatic carbocycles. The number of anilines is 1. The summed E-state index contributed by atoms with van der Waals surface area (Å²) in [6.45, 7) is -0.302. The summed E-state index contributed by atoms with van der Waals surface area (Å²) in [7, 11) is 0. The van der Waals surface area contributed by atoms with Crippen LogP contribution in [-0.2, 0) is 4.79 Å². The van der Waals surface area contributed by atoms with Gasteiger partial charge < -0.3 is 26.0 Å². The van der Waals surface area contributed by atoms with Gasteiger partial charge in [-0.3, -0.25) is 5.41 Å². The summed E-state index contributed by atoms with van der Waals surface area (Å²) in [5, 5.41) is 29.3. The Morgan fingerprint density at radius 1 is 1.27 bits per heavy atom. The number of rotatable bonds is 8. The number of aliphatic hydroxyl groups is 1. The van der Waals surface area contributed by atoms with E-state index < -0.39 is 12.0 Å². The average molecular weight is 398 g/mol. The summed E-state index contributed by atoms with van der Waals surface area (Å²) in [5.74, 6) is -1.13. The Bertz CT molecular complexity index is 812.